The second-order valence-corrected chi connectivity index (χ2v) is 4.17. The van der Waals surface area contributed by atoms with Crippen LogP contribution in [0.25, 0.3) is 0 Å². The number of hydrogen-bond acceptors (Lipinski definition) is 3. The Hall–Kier alpha value is -2.07. The Balaban J connectivity index is 2.34. The Morgan fingerprint density at radius 3 is 2.56 bits per heavy atom. The first-order chi connectivity index (χ1) is 8.59. The summed E-state index contributed by atoms with van der Waals surface area (Å²) in [5.74, 6) is -0.0253. The van der Waals surface area contributed by atoms with Gasteiger partial charge in [0.05, 0.1) is 5.02 Å². The lowest BCUT2D eigenvalue weighted by atomic mass is 10.2. The molecule has 0 aliphatic heterocycles. The van der Waals surface area contributed by atoms with Crippen molar-refractivity contribution in [3.63, 3.8) is 0 Å². The van der Waals surface area contributed by atoms with E-state index in [0.29, 0.717) is 0 Å². The number of anilines is 2. The lowest BCUT2D eigenvalue weighted by molar-refractivity contribution is 0.0988. The number of carbonyl (C=O) groups excluding carboxylic acids is 1. The van der Waals surface area contributed by atoms with Crippen molar-refractivity contribution in [3.05, 3.63) is 53.2 Å². The molecule has 0 atom stereocenters. The molecule has 1 aromatic carbocycles. The summed E-state index contributed by atoms with van der Waals surface area (Å²) < 4.78 is 0. The first-order valence-corrected chi connectivity index (χ1v) is 5.72. The summed E-state index contributed by atoms with van der Waals surface area (Å²) in [6, 6.07) is 12.4. The van der Waals surface area contributed by atoms with Crippen LogP contribution < -0.4 is 10.6 Å². The molecule has 92 valence electrons. The van der Waals surface area contributed by atoms with Crippen LogP contribution in [0.5, 0.6) is 0 Å². The van der Waals surface area contributed by atoms with Gasteiger partial charge in [0.25, 0.3) is 5.91 Å². The fourth-order valence-electron chi connectivity index (χ4n) is 1.53. The summed E-state index contributed by atoms with van der Waals surface area (Å²) in [4.78, 5) is 17.7. The Morgan fingerprint density at radius 1 is 1.22 bits per heavy atom. The van der Waals surface area contributed by atoms with Gasteiger partial charge in [-0.05, 0) is 24.3 Å². The maximum Gasteiger partial charge on any atom is 0.278 e. The van der Waals surface area contributed by atoms with Crippen molar-refractivity contribution in [1.82, 2.24) is 4.98 Å². The number of aromatic nitrogens is 1. The van der Waals surface area contributed by atoms with E-state index in [2.05, 4.69) is 4.98 Å². The number of nitrogens with two attached hydrogens (primary N) is 1. The molecule has 4 nitrogen and oxygen atoms in total. The Bertz CT molecular complexity index is 572. The van der Waals surface area contributed by atoms with Crippen LogP contribution in [0.2, 0.25) is 5.02 Å². The van der Waals surface area contributed by atoms with E-state index in [9.17, 15) is 4.79 Å². The van der Waals surface area contributed by atoms with Gasteiger partial charge in [0, 0.05) is 12.7 Å². The highest BCUT2D eigenvalue weighted by atomic mass is 35.5. The SMILES string of the molecule is CN(C(=O)c1nc(N)ccc1Cl)c1ccccc1. The molecule has 0 bridgehead atoms. The summed E-state index contributed by atoms with van der Waals surface area (Å²) in [6.45, 7) is 0. The van der Waals surface area contributed by atoms with Crippen LogP contribution in [0.15, 0.2) is 42.5 Å². The van der Waals surface area contributed by atoms with E-state index >= 15 is 0 Å². The van der Waals surface area contributed by atoms with Crippen LogP contribution >= 0.6 is 11.6 Å². The van der Waals surface area contributed by atoms with E-state index < -0.39 is 0 Å². The minimum Gasteiger partial charge on any atom is -0.384 e. The zero-order valence-corrected chi connectivity index (χ0v) is 10.6. The summed E-state index contributed by atoms with van der Waals surface area (Å²) in [7, 11) is 1.67. The minimum atomic E-state index is -0.293. The Labute approximate surface area is 110 Å². The van der Waals surface area contributed by atoms with Crippen molar-refractivity contribution >= 4 is 29.0 Å². The van der Waals surface area contributed by atoms with Gasteiger partial charge in [0.15, 0.2) is 0 Å². The maximum atomic E-state index is 12.2. The molecular weight excluding hydrogens is 250 g/mol. The number of benzene rings is 1. The van der Waals surface area contributed by atoms with E-state index in [-0.39, 0.29) is 22.4 Å². The van der Waals surface area contributed by atoms with Gasteiger partial charge in [-0.15, -0.1) is 0 Å². The van der Waals surface area contributed by atoms with Crippen molar-refractivity contribution in [2.75, 3.05) is 17.7 Å². The van der Waals surface area contributed by atoms with E-state index in [0.717, 1.165) is 5.69 Å². The Kier molecular flexibility index (Phi) is 3.48. The predicted molar refractivity (Wildman–Crippen MR) is 72.8 cm³/mol. The minimum absolute atomic E-state index is 0.156. The van der Waals surface area contributed by atoms with E-state index in [1.165, 1.54) is 4.90 Å². The van der Waals surface area contributed by atoms with Crippen molar-refractivity contribution in [2.24, 2.45) is 0 Å². The molecule has 0 unspecified atom stereocenters. The highest BCUT2D eigenvalue weighted by Crippen LogP contribution is 2.20. The number of nitrogen functional groups attached to an aromatic ring is 1. The molecule has 0 aliphatic rings. The summed E-state index contributed by atoms with van der Waals surface area (Å²) in [5, 5.41) is 0.289. The second kappa shape index (κ2) is 5.06. The second-order valence-electron chi connectivity index (χ2n) is 3.77. The zero-order chi connectivity index (χ0) is 13.1. The molecule has 0 aliphatic carbocycles. The van der Waals surface area contributed by atoms with Crippen molar-refractivity contribution < 1.29 is 4.79 Å². The van der Waals surface area contributed by atoms with Crippen LogP contribution in [-0.4, -0.2) is 17.9 Å². The van der Waals surface area contributed by atoms with Crippen molar-refractivity contribution in [1.29, 1.82) is 0 Å². The van der Waals surface area contributed by atoms with Crippen molar-refractivity contribution in [2.45, 2.75) is 0 Å². The number of para-hydroxylation sites is 1. The smallest absolute Gasteiger partial charge is 0.278 e. The third kappa shape index (κ3) is 2.43. The molecular formula is C13H12ClN3O. The lowest BCUT2D eigenvalue weighted by Gasteiger charge is -2.17. The van der Waals surface area contributed by atoms with Gasteiger partial charge in [0.2, 0.25) is 0 Å². The molecule has 2 rings (SSSR count). The van der Waals surface area contributed by atoms with Crippen molar-refractivity contribution in [3.8, 4) is 0 Å². The van der Waals surface area contributed by atoms with Gasteiger partial charge < -0.3 is 10.6 Å². The normalized spacial score (nSPS) is 10.1. The zero-order valence-electron chi connectivity index (χ0n) is 9.80. The first-order valence-electron chi connectivity index (χ1n) is 5.34. The average Bonchev–Trinajstić information content (AvgIpc) is 2.41. The monoisotopic (exact) mass is 261 g/mol. The van der Waals surface area contributed by atoms with Crippen LogP contribution in [0, 0.1) is 0 Å². The molecule has 5 heteroatoms. The van der Waals surface area contributed by atoms with Gasteiger partial charge in [-0.1, -0.05) is 29.8 Å². The molecule has 2 N–H and O–H groups in total. The van der Waals surface area contributed by atoms with Crippen LogP contribution in [-0.2, 0) is 0 Å². The molecule has 2 aromatic rings. The quantitative estimate of drug-likeness (QED) is 0.904. The third-order valence-corrected chi connectivity index (χ3v) is 2.82. The molecule has 0 radical (unpaired) electrons. The molecule has 1 heterocycles. The summed E-state index contributed by atoms with van der Waals surface area (Å²) in [6.07, 6.45) is 0. The maximum absolute atomic E-state index is 12.2. The highest BCUT2D eigenvalue weighted by molar-refractivity contribution is 6.34. The number of carbonyl (C=O) groups is 1. The first kappa shape index (κ1) is 12.4. The molecule has 1 amide bonds. The molecule has 18 heavy (non-hydrogen) atoms. The molecule has 0 saturated heterocycles. The van der Waals surface area contributed by atoms with E-state index in [1.54, 1.807) is 19.2 Å². The molecule has 0 fully saturated rings. The highest BCUT2D eigenvalue weighted by Gasteiger charge is 2.18. The number of amides is 1. The van der Waals surface area contributed by atoms with Gasteiger partial charge in [-0.2, -0.15) is 0 Å². The topological polar surface area (TPSA) is 59.2 Å². The molecule has 0 saturated carbocycles. The standard InChI is InChI=1S/C13H12ClN3O/c1-17(9-5-3-2-4-6-9)13(18)12-10(14)7-8-11(15)16-12/h2-8H,1H3,(H2,15,16). The summed E-state index contributed by atoms with van der Waals surface area (Å²) >= 11 is 5.96. The fourth-order valence-corrected chi connectivity index (χ4v) is 1.72. The van der Waals surface area contributed by atoms with Gasteiger partial charge in [-0.3, -0.25) is 4.79 Å². The van der Waals surface area contributed by atoms with Gasteiger partial charge in [-0.25, -0.2) is 4.98 Å². The number of halogens is 1. The van der Waals surface area contributed by atoms with Gasteiger partial charge in [0.1, 0.15) is 11.5 Å². The molecule has 1 aromatic heterocycles. The van der Waals surface area contributed by atoms with Crippen LogP contribution in [0.1, 0.15) is 10.5 Å². The van der Waals surface area contributed by atoms with E-state index in [4.69, 9.17) is 17.3 Å². The predicted octanol–water partition coefficient (Wildman–Crippen LogP) is 2.59. The summed E-state index contributed by atoms with van der Waals surface area (Å²) in [5.41, 5.74) is 6.49. The average molecular weight is 262 g/mol. The van der Waals surface area contributed by atoms with Crippen LogP contribution in [0.3, 0.4) is 0 Å². The number of pyridine rings is 1. The van der Waals surface area contributed by atoms with Gasteiger partial charge >= 0.3 is 0 Å². The molecule has 0 spiro atoms. The fraction of sp³-hybridized carbons (Fsp3) is 0.0769. The number of hydrogen-bond donors (Lipinski definition) is 1. The van der Waals surface area contributed by atoms with E-state index in [1.807, 2.05) is 30.3 Å². The third-order valence-electron chi connectivity index (χ3n) is 2.52. The number of nitrogens with zero attached hydrogens (tertiary/aromatic N) is 2. The number of rotatable bonds is 2. The lowest BCUT2D eigenvalue weighted by Crippen LogP contribution is -2.27. The van der Waals surface area contributed by atoms with Crippen LogP contribution in [0.4, 0.5) is 11.5 Å². The largest absolute Gasteiger partial charge is 0.384 e. The Morgan fingerprint density at radius 2 is 1.89 bits per heavy atom.